The molecule has 0 saturated carbocycles. The lowest BCUT2D eigenvalue weighted by molar-refractivity contribution is -0.234. The van der Waals surface area contributed by atoms with Crippen molar-refractivity contribution in [1.29, 1.82) is 0 Å². The number of amides is 2. The molecule has 0 aromatic carbocycles. The number of imidazole rings is 1. The second-order valence-electron chi connectivity index (χ2n) is 7.02. The van der Waals surface area contributed by atoms with Crippen LogP contribution in [0.2, 0.25) is 0 Å². The lowest BCUT2D eigenvalue weighted by Crippen LogP contribution is -2.34. The summed E-state index contributed by atoms with van der Waals surface area (Å²) >= 11 is 0. The number of phosphoric ester groups is 1. The number of phosphoric acid groups is 1. The molecule has 1 aliphatic heterocycles. The van der Waals surface area contributed by atoms with E-state index in [4.69, 9.17) is 4.74 Å². The molecule has 1 fully saturated rings. The van der Waals surface area contributed by atoms with Crippen LogP contribution in [0.15, 0.2) is 12.7 Å². The lowest BCUT2D eigenvalue weighted by Gasteiger charge is -2.31. The molecule has 19 heteroatoms. The normalized spacial score (nSPS) is 26.2. The predicted octanol–water partition coefficient (Wildman–Crippen LogP) is -2.18. The quantitative estimate of drug-likeness (QED) is 0.208. The van der Waals surface area contributed by atoms with E-state index in [1.54, 1.807) is 6.92 Å². The van der Waals surface area contributed by atoms with Gasteiger partial charge in [-0.3, -0.25) is 18.8 Å². The van der Waals surface area contributed by atoms with Gasteiger partial charge in [0, 0.05) is 6.54 Å². The van der Waals surface area contributed by atoms with Gasteiger partial charge in [-0.05, 0) is 14.0 Å². The number of urea groups is 1. The minimum Gasteiger partial charge on any atom is -0.777 e. The molecule has 2 aromatic rings. The number of ether oxygens (including phenoxy) is 1. The van der Waals surface area contributed by atoms with Crippen molar-refractivity contribution in [2.75, 3.05) is 31.8 Å². The molecule has 6 atom stereocenters. The van der Waals surface area contributed by atoms with Gasteiger partial charge in [0.1, 0.15) is 24.6 Å². The van der Waals surface area contributed by atoms with Gasteiger partial charge in [-0.25, -0.2) is 19.7 Å². The summed E-state index contributed by atoms with van der Waals surface area (Å²) in [5, 5.41) is 28.0. The molecule has 3 unspecified atom stereocenters. The third kappa shape index (κ3) is 6.14. The van der Waals surface area contributed by atoms with E-state index in [9.17, 15) is 33.9 Å². The van der Waals surface area contributed by atoms with Crippen molar-refractivity contribution < 1.29 is 47.5 Å². The SMILES string of the molecule is CCNC(=O)Nc1ncnc2c1ncn2[C@@H]1O[C@H](COP(=O)([O-])OP(=O)([O-])CNC)C(O)[C@@H]1O. The van der Waals surface area contributed by atoms with Gasteiger partial charge in [0.25, 0.3) is 7.82 Å². The fourth-order valence-corrected chi connectivity index (χ4v) is 5.46. The summed E-state index contributed by atoms with van der Waals surface area (Å²) in [5.74, 6) is 0.0793. The zero-order valence-corrected chi connectivity index (χ0v) is 19.7. The number of nitrogens with zero attached hydrogens (tertiary/aromatic N) is 4. The Morgan fingerprint density at radius 3 is 2.68 bits per heavy atom. The lowest BCUT2D eigenvalue weighted by atomic mass is 10.1. The van der Waals surface area contributed by atoms with Crippen molar-refractivity contribution in [3.8, 4) is 0 Å². The second-order valence-corrected chi connectivity index (χ2v) is 10.4. The Morgan fingerprint density at radius 1 is 1.26 bits per heavy atom. The van der Waals surface area contributed by atoms with Crippen molar-refractivity contribution in [1.82, 2.24) is 30.2 Å². The van der Waals surface area contributed by atoms with Gasteiger partial charge >= 0.3 is 6.03 Å². The van der Waals surface area contributed by atoms with Crippen molar-refractivity contribution in [3.63, 3.8) is 0 Å². The number of fused-ring (bicyclic) bond motifs is 1. The molecule has 0 spiro atoms. The molecule has 190 valence electrons. The minimum absolute atomic E-state index is 0.0793. The van der Waals surface area contributed by atoms with E-state index >= 15 is 0 Å². The first kappa shape index (κ1) is 26.6. The van der Waals surface area contributed by atoms with Crippen LogP contribution in [0.3, 0.4) is 0 Å². The monoisotopic (exact) mass is 523 g/mol. The molecule has 5 N–H and O–H groups in total. The molecule has 0 radical (unpaired) electrons. The molecule has 2 amide bonds. The summed E-state index contributed by atoms with van der Waals surface area (Å²) in [6, 6.07) is -0.525. The van der Waals surface area contributed by atoms with Gasteiger partial charge in [-0.1, -0.05) is 0 Å². The Labute approximate surface area is 192 Å². The number of hydrogen-bond acceptors (Lipinski definition) is 14. The van der Waals surface area contributed by atoms with Crippen LogP contribution in [-0.4, -0.2) is 80.6 Å². The molecule has 0 aliphatic carbocycles. The number of nitrogens with one attached hydrogen (secondary N) is 3. The zero-order chi connectivity index (χ0) is 25.1. The molecule has 1 saturated heterocycles. The Morgan fingerprint density at radius 2 is 2.00 bits per heavy atom. The number of rotatable bonds is 10. The molecule has 34 heavy (non-hydrogen) atoms. The number of carbonyl (C=O) groups excluding carboxylic acids is 1. The Balaban J connectivity index is 1.73. The largest absolute Gasteiger partial charge is 0.777 e. The van der Waals surface area contributed by atoms with Crippen LogP contribution in [-0.2, 0) is 22.7 Å². The van der Waals surface area contributed by atoms with Crippen LogP contribution < -0.4 is 25.7 Å². The van der Waals surface area contributed by atoms with Crippen LogP contribution in [0, 0.1) is 0 Å². The number of aliphatic hydroxyl groups is 2. The maximum Gasteiger partial charge on any atom is 0.320 e. The van der Waals surface area contributed by atoms with E-state index in [0.29, 0.717) is 6.54 Å². The summed E-state index contributed by atoms with van der Waals surface area (Å²) in [6.07, 6.45) is -4.23. The fourth-order valence-electron chi connectivity index (χ4n) is 3.10. The standard InChI is InChI=1S/C15H25N7O10P2/c1-3-17-15(25)21-12-9-13(19-5-18-12)22(6-20-9)14-11(24)10(23)8(31-14)4-30-34(28,29)32-33(26,27)7-16-2/h5-6,8,10-11,14,16,23-24H,3-4,7H2,1-2H3,(H,26,27)(H,28,29)(H2,17,18,19,21,25)/p-2/t8-,10?,11+,14-/m1/s1. The Kier molecular flexibility index (Phi) is 8.36. The highest BCUT2D eigenvalue weighted by atomic mass is 31.3. The topological polar surface area (TPSA) is 245 Å². The van der Waals surface area contributed by atoms with E-state index < -0.39 is 58.9 Å². The molecule has 3 heterocycles. The highest BCUT2D eigenvalue weighted by molar-refractivity contribution is 7.62. The number of aliphatic hydroxyl groups excluding tert-OH is 2. The van der Waals surface area contributed by atoms with E-state index in [0.717, 1.165) is 6.33 Å². The highest BCUT2D eigenvalue weighted by Crippen LogP contribution is 2.54. The first-order valence-electron chi connectivity index (χ1n) is 9.83. The Hall–Kier alpha value is -2.04. The van der Waals surface area contributed by atoms with Crippen molar-refractivity contribution in [2.45, 2.75) is 31.5 Å². The van der Waals surface area contributed by atoms with E-state index in [-0.39, 0.29) is 17.0 Å². The molecule has 17 nitrogen and oxygen atoms in total. The van der Waals surface area contributed by atoms with Gasteiger partial charge < -0.3 is 44.5 Å². The first-order valence-corrected chi connectivity index (χ1v) is 13.0. The van der Waals surface area contributed by atoms with Gasteiger partial charge in [-0.15, -0.1) is 0 Å². The van der Waals surface area contributed by atoms with E-state index in [2.05, 4.69) is 39.7 Å². The maximum atomic E-state index is 11.8. The molecule has 1 aliphatic rings. The van der Waals surface area contributed by atoms with Gasteiger partial charge in [0.15, 0.2) is 30.8 Å². The molecule has 0 bridgehead atoms. The van der Waals surface area contributed by atoms with Crippen LogP contribution in [0.4, 0.5) is 10.6 Å². The summed E-state index contributed by atoms with van der Waals surface area (Å²) in [4.78, 5) is 47.3. The van der Waals surface area contributed by atoms with Crippen LogP contribution >= 0.6 is 15.4 Å². The third-order valence-electron chi connectivity index (χ3n) is 4.51. The molecular formula is C15H23N7O10P2-2. The van der Waals surface area contributed by atoms with Crippen LogP contribution in [0.25, 0.3) is 11.2 Å². The summed E-state index contributed by atoms with van der Waals surface area (Å²) in [7, 11) is -8.81. The highest BCUT2D eigenvalue weighted by Gasteiger charge is 2.45. The average Bonchev–Trinajstić information content (AvgIpc) is 3.28. The van der Waals surface area contributed by atoms with Gasteiger partial charge in [0.05, 0.1) is 19.2 Å². The van der Waals surface area contributed by atoms with E-state index in [1.165, 1.54) is 17.9 Å². The predicted molar refractivity (Wildman–Crippen MR) is 110 cm³/mol. The van der Waals surface area contributed by atoms with Crippen molar-refractivity contribution >= 4 is 38.4 Å². The summed E-state index contributed by atoms with van der Waals surface area (Å²) < 4.78 is 38.7. The van der Waals surface area contributed by atoms with Crippen molar-refractivity contribution in [2.24, 2.45) is 0 Å². The number of carbonyl (C=O) groups is 1. The molecule has 2 aromatic heterocycles. The fraction of sp³-hybridized carbons (Fsp3) is 0.600. The van der Waals surface area contributed by atoms with Gasteiger partial charge in [-0.2, -0.15) is 0 Å². The maximum absolute atomic E-state index is 11.8. The number of aromatic nitrogens is 4. The third-order valence-corrected chi connectivity index (χ3v) is 7.48. The zero-order valence-electron chi connectivity index (χ0n) is 17.9. The number of hydrogen-bond donors (Lipinski definition) is 5. The number of anilines is 1. The molecular weight excluding hydrogens is 500 g/mol. The van der Waals surface area contributed by atoms with Crippen molar-refractivity contribution in [3.05, 3.63) is 12.7 Å². The second kappa shape index (κ2) is 10.7. The van der Waals surface area contributed by atoms with Crippen LogP contribution in [0.1, 0.15) is 13.2 Å². The average molecular weight is 523 g/mol. The minimum atomic E-state index is -5.31. The van der Waals surface area contributed by atoms with Gasteiger partial charge in [0.2, 0.25) is 0 Å². The van der Waals surface area contributed by atoms with E-state index in [1.807, 2.05) is 0 Å². The Bertz CT molecular complexity index is 1120. The first-order chi connectivity index (χ1) is 16.0. The smallest absolute Gasteiger partial charge is 0.320 e. The van der Waals surface area contributed by atoms with Crippen LogP contribution in [0.5, 0.6) is 0 Å². The molecule has 3 rings (SSSR count). The summed E-state index contributed by atoms with van der Waals surface area (Å²) in [6.45, 7) is 1.26. The summed E-state index contributed by atoms with van der Waals surface area (Å²) in [5.41, 5.74) is 0.295.